The van der Waals surface area contributed by atoms with E-state index in [1.807, 2.05) is 6.07 Å². The summed E-state index contributed by atoms with van der Waals surface area (Å²) in [5.74, 6) is 1.93. The van der Waals surface area contributed by atoms with Gasteiger partial charge >= 0.3 is 0 Å². The van der Waals surface area contributed by atoms with E-state index in [9.17, 15) is 5.11 Å². The Bertz CT molecular complexity index is 491. The Hall–Kier alpha value is -1.50. The number of nitrogens with zero attached hydrogens (tertiary/aromatic N) is 1. The molecule has 1 atom stereocenters. The quantitative estimate of drug-likeness (QED) is 0.793. The maximum absolute atomic E-state index is 9.60. The van der Waals surface area contributed by atoms with E-state index in [2.05, 4.69) is 4.90 Å². The number of β-amino-alcohol motifs (C(OH)–C–C–N with tert-alkyl or cyclic N) is 1. The topological polar surface area (TPSA) is 71.4 Å². The molecule has 2 N–H and O–H groups in total. The van der Waals surface area contributed by atoms with Crippen LogP contribution in [0.2, 0.25) is 0 Å². The second kappa shape index (κ2) is 6.98. The molecule has 1 aliphatic heterocycles. The van der Waals surface area contributed by atoms with Gasteiger partial charge in [-0.3, -0.25) is 4.90 Å². The first-order valence-electron chi connectivity index (χ1n) is 6.96. The van der Waals surface area contributed by atoms with Crippen molar-refractivity contribution in [3.8, 4) is 17.2 Å². The van der Waals surface area contributed by atoms with E-state index in [-0.39, 0.29) is 6.61 Å². The zero-order chi connectivity index (χ0) is 15.4. The molecule has 21 heavy (non-hydrogen) atoms. The summed E-state index contributed by atoms with van der Waals surface area (Å²) in [6.07, 6.45) is 0.113. The number of benzene rings is 1. The average molecular weight is 297 g/mol. The van der Waals surface area contributed by atoms with Crippen LogP contribution in [-0.4, -0.2) is 62.2 Å². The molecule has 6 heteroatoms. The van der Waals surface area contributed by atoms with Gasteiger partial charge in [-0.2, -0.15) is 0 Å². The van der Waals surface area contributed by atoms with Crippen molar-refractivity contribution in [2.45, 2.75) is 19.1 Å². The third kappa shape index (κ3) is 3.23. The van der Waals surface area contributed by atoms with Crippen LogP contribution in [0.4, 0.5) is 0 Å². The normalized spacial score (nSPS) is 16.2. The van der Waals surface area contributed by atoms with Crippen LogP contribution in [0.25, 0.3) is 0 Å². The van der Waals surface area contributed by atoms with Crippen molar-refractivity contribution in [2.75, 3.05) is 41.0 Å². The predicted octanol–water partition coefficient (Wildman–Crippen LogP) is 0.424. The van der Waals surface area contributed by atoms with Crippen LogP contribution in [0.15, 0.2) is 6.07 Å². The summed E-state index contributed by atoms with van der Waals surface area (Å²) in [7, 11) is 4.80. The van der Waals surface area contributed by atoms with Crippen molar-refractivity contribution in [3.05, 3.63) is 17.2 Å². The van der Waals surface area contributed by atoms with Crippen LogP contribution in [0.3, 0.4) is 0 Å². The van der Waals surface area contributed by atoms with Crippen molar-refractivity contribution < 1.29 is 24.4 Å². The molecular formula is C15H23NO5. The molecule has 6 nitrogen and oxygen atoms in total. The van der Waals surface area contributed by atoms with E-state index < -0.39 is 6.10 Å². The van der Waals surface area contributed by atoms with Gasteiger partial charge in [-0.05, 0) is 18.1 Å². The minimum atomic E-state index is -0.724. The van der Waals surface area contributed by atoms with Crippen molar-refractivity contribution >= 4 is 0 Å². The summed E-state index contributed by atoms with van der Waals surface area (Å²) < 4.78 is 16.3. The molecule has 1 heterocycles. The Labute approximate surface area is 124 Å². The molecule has 1 unspecified atom stereocenters. The fourth-order valence-electron chi connectivity index (χ4n) is 2.76. The standard InChI is InChI=1S/C15H23NO5/c1-19-13-6-10-4-5-16(7-11(18)9-17)8-12(10)14(20-2)15(13)21-3/h6,11,17-18H,4-5,7-9H2,1-3H3. The largest absolute Gasteiger partial charge is 0.493 e. The summed E-state index contributed by atoms with van der Waals surface area (Å²) >= 11 is 0. The lowest BCUT2D eigenvalue weighted by molar-refractivity contribution is 0.0547. The highest BCUT2D eigenvalue weighted by molar-refractivity contribution is 5.59. The molecule has 0 aromatic heterocycles. The van der Waals surface area contributed by atoms with Crippen molar-refractivity contribution in [1.29, 1.82) is 0 Å². The van der Waals surface area contributed by atoms with Gasteiger partial charge in [0.05, 0.1) is 34.0 Å². The second-order valence-electron chi connectivity index (χ2n) is 5.10. The molecule has 1 aliphatic rings. The lowest BCUT2D eigenvalue weighted by Crippen LogP contribution is -2.38. The van der Waals surface area contributed by atoms with Gasteiger partial charge in [0.15, 0.2) is 11.5 Å². The van der Waals surface area contributed by atoms with Crippen LogP contribution in [0, 0.1) is 0 Å². The van der Waals surface area contributed by atoms with E-state index in [4.69, 9.17) is 19.3 Å². The van der Waals surface area contributed by atoms with Crippen LogP contribution in [-0.2, 0) is 13.0 Å². The van der Waals surface area contributed by atoms with Gasteiger partial charge < -0.3 is 24.4 Å². The molecule has 0 amide bonds. The van der Waals surface area contributed by atoms with E-state index in [1.165, 1.54) is 5.56 Å². The first kappa shape index (κ1) is 15.9. The predicted molar refractivity (Wildman–Crippen MR) is 78.2 cm³/mol. The molecule has 0 spiro atoms. The van der Waals surface area contributed by atoms with E-state index in [0.717, 1.165) is 18.5 Å². The number of aliphatic hydroxyl groups is 2. The van der Waals surface area contributed by atoms with Crippen LogP contribution < -0.4 is 14.2 Å². The highest BCUT2D eigenvalue weighted by Gasteiger charge is 2.26. The van der Waals surface area contributed by atoms with Crippen LogP contribution in [0.1, 0.15) is 11.1 Å². The van der Waals surface area contributed by atoms with Crippen molar-refractivity contribution in [3.63, 3.8) is 0 Å². The average Bonchev–Trinajstić information content (AvgIpc) is 2.52. The van der Waals surface area contributed by atoms with Crippen molar-refractivity contribution in [2.24, 2.45) is 0 Å². The monoisotopic (exact) mass is 297 g/mol. The van der Waals surface area contributed by atoms with Crippen molar-refractivity contribution in [1.82, 2.24) is 4.90 Å². The number of ether oxygens (including phenoxy) is 3. The molecule has 0 radical (unpaired) electrons. The third-order valence-corrected chi connectivity index (χ3v) is 3.78. The second-order valence-corrected chi connectivity index (χ2v) is 5.10. The first-order valence-corrected chi connectivity index (χ1v) is 6.96. The molecule has 1 aromatic carbocycles. The fraction of sp³-hybridized carbons (Fsp3) is 0.600. The number of fused-ring (bicyclic) bond motifs is 1. The number of rotatable bonds is 6. The number of hydrogen-bond donors (Lipinski definition) is 2. The highest BCUT2D eigenvalue weighted by Crippen LogP contribution is 2.43. The molecule has 0 aliphatic carbocycles. The Balaban J connectivity index is 2.33. The Kier molecular flexibility index (Phi) is 5.27. The summed E-state index contributed by atoms with van der Waals surface area (Å²) in [5.41, 5.74) is 2.21. The van der Waals surface area contributed by atoms with Crippen LogP contribution in [0.5, 0.6) is 17.2 Å². The first-order chi connectivity index (χ1) is 10.1. The SMILES string of the molecule is COc1cc2c(c(OC)c1OC)CN(CC(O)CO)CC2. The minimum absolute atomic E-state index is 0.230. The number of aliphatic hydroxyl groups excluding tert-OH is 2. The van der Waals surface area contributed by atoms with Crippen LogP contribution >= 0.6 is 0 Å². The Morgan fingerprint density at radius 3 is 2.48 bits per heavy atom. The molecule has 0 saturated heterocycles. The summed E-state index contributed by atoms with van der Waals surface area (Å²) in [6.45, 7) is 1.68. The fourth-order valence-corrected chi connectivity index (χ4v) is 2.76. The zero-order valence-electron chi connectivity index (χ0n) is 12.8. The summed E-state index contributed by atoms with van der Waals surface area (Å²) in [4.78, 5) is 2.09. The molecule has 2 rings (SSSR count). The van der Waals surface area contributed by atoms with E-state index >= 15 is 0 Å². The molecular weight excluding hydrogens is 274 g/mol. The van der Waals surface area contributed by atoms with Gasteiger partial charge in [0.1, 0.15) is 0 Å². The third-order valence-electron chi connectivity index (χ3n) is 3.78. The van der Waals surface area contributed by atoms with Gasteiger partial charge in [-0.1, -0.05) is 0 Å². The number of methoxy groups -OCH3 is 3. The lowest BCUT2D eigenvalue weighted by Gasteiger charge is -2.31. The summed E-state index contributed by atoms with van der Waals surface area (Å²) in [5, 5.41) is 18.6. The molecule has 0 fully saturated rings. The van der Waals surface area contributed by atoms with E-state index in [0.29, 0.717) is 30.3 Å². The lowest BCUT2D eigenvalue weighted by atomic mass is 9.97. The highest BCUT2D eigenvalue weighted by atomic mass is 16.5. The van der Waals surface area contributed by atoms with Gasteiger partial charge in [0, 0.05) is 25.2 Å². The Morgan fingerprint density at radius 1 is 1.19 bits per heavy atom. The molecule has 0 bridgehead atoms. The maximum Gasteiger partial charge on any atom is 0.203 e. The van der Waals surface area contributed by atoms with Gasteiger partial charge in [0.25, 0.3) is 0 Å². The van der Waals surface area contributed by atoms with E-state index in [1.54, 1.807) is 21.3 Å². The maximum atomic E-state index is 9.60. The zero-order valence-corrected chi connectivity index (χ0v) is 12.8. The molecule has 0 saturated carbocycles. The van der Waals surface area contributed by atoms with Gasteiger partial charge in [-0.15, -0.1) is 0 Å². The summed E-state index contributed by atoms with van der Waals surface area (Å²) in [6, 6.07) is 1.98. The Morgan fingerprint density at radius 2 is 1.90 bits per heavy atom. The smallest absolute Gasteiger partial charge is 0.203 e. The van der Waals surface area contributed by atoms with Gasteiger partial charge in [0.2, 0.25) is 5.75 Å². The minimum Gasteiger partial charge on any atom is -0.493 e. The van der Waals surface area contributed by atoms with Gasteiger partial charge in [-0.25, -0.2) is 0 Å². The molecule has 118 valence electrons. The number of hydrogen-bond acceptors (Lipinski definition) is 6. The molecule has 1 aromatic rings.